The highest BCUT2D eigenvalue weighted by atomic mass is 16.5. The van der Waals surface area contributed by atoms with Gasteiger partial charge in [0.05, 0.1) is 13.7 Å². The number of carbonyl (C=O) groups is 2. The average Bonchev–Trinajstić information content (AvgIpc) is 2.79. The Kier molecular flexibility index (Phi) is 7.93. The third kappa shape index (κ3) is 6.00. The Hall–Kier alpha value is -3.02. The van der Waals surface area contributed by atoms with Crippen LogP contribution in [0.3, 0.4) is 0 Å². The summed E-state index contributed by atoms with van der Waals surface area (Å²) in [6.45, 7) is 5.79. The van der Waals surface area contributed by atoms with Gasteiger partial charge in [0.2, 0.25) is 5.91 Å². The van der Waals surface area contributed by atoms with E-state index in [2.05, 4.69) is 5.32 Å². The summed E-state index contributed by atoms with van der Waals surface area (Å²) in [4.78, 5) is 27.1. The fourth-order valence-corrected chi connectivity index (χ4v) is 3.91. The molecule has 1 fully saturated rings. The van der Waals surface area contributed by atoms with Crippen LogP contribution in [0.15, 0.2) is 42.5 Å². The minimum absolute atomic E-state index is 0.0385. The number of carbonyl (C=O) groups excluding carboxylic acids is 2. The van der Waals surface area contributed by atoms with Gasteiger partial charge in [-0.25, -0.2) is 0 Å². The number of aryl methyl sites for hydroxylation is 2. The lowest BCUT2D eigenvalue weighted by Crippen LogP contribution is -2.46. The van der Waals surface area contributed by atoms with Crippen LogP contribution in [0.5, 0.6) is 11.5 Å². The van der Waals surface area contributed by atoms with Gasteiger partial charge in [0.1, 0.15) is 0 Å². The number of methoxy groups -OCH3 is 1. The van der Waals surface area contributed by atoms with Crippen LogP contribution in [0.25, 0.3) is 0 Å². The predicted molar refractivity (Wildman–Crippen MR) is 121 cm³/mol. The van der Waals surface area contributed by atoms with E-state index in [1.807, 2.05) is 61.2 Å². The molecular formula is C25H32N2O4. The number of nitrogens with zero attached hydrogens (tertiary/aromatic N) is 1. The summed E-state index contributed by atoms with van der Waals surface area (Å²) >= 11 is 0. The molecule has 0 unspecified atom stereocenters. The smallest absolute Gasteiger partial charge is 0.254 e. The lowest BCUT2D eigenvalue weighted by Gasteiger charge is -2.32. The second-order valence-corrected chi connectivity index (χ2v) is 7.87. The number of ether oxygens (including phenoxy) is 2. The first-order chi connectivity index (χ1) is 15.0. The van der Waals surface area contributed by atoms with Gasteiger partial charge >= 0.3 is 0 Å². The van der Waals surface area contributed by atoms with E-state index in [1.165, 1.54) is 0 Å². The molecule has 1 N–H and O–H groups in total. The number of piperidine rings is 1. The molecule has 1 aliphatic heterocycles. The molecule has 0 aliphatic carbocycles. The van der Waals surface area contributed by atoms with Crippen molar-refractivity contribution in [2.75, 3.05) is 26.8 Å². The van der Waals surface area contributed by atoms with Crippen molar-refractivity contribution < 1.29 is 19.1 Å². The lowest BCUT2D eigenvalue weighted by atomic mass is 10.0. The normalized spacial score (nSPS) is 14.2. The second-order valence-electron chi connectivity index (χ2n) is 7.87. The molecule has 31 heavy (non-hydrogen) atoms. The Labute approximate surface area is 184 Å². The molecule has 166 valence electrons. The van der Waals surface area contributed by atoms with Gasteiger partial charge in [0.15, 0.2) is 11.5 Å². The van der Waals surface area contributed by atoms with E-state index in [1.54, 1.807) is 7.11 Å². The molecule has 0 saturated carbocycles. The zero-order chi connectivity index (χ0) is 22.2. The highest BCUT2D eigenvalue weighted by molar-refractivity contribution is 5.95. The molecule has 6 heteroatoms. The maximum absolute atomic E-state index is 12.7. The van der Waals surface area contributed by atoms with Crippen molar-refractivity contribution in [3.8, 4) is 11.5 Å². The monoisotopic (exact) mass is 424 g/mol. The maximum atomic E-state index is 12.7. The van der Waals surface area contributed by atoms with Crippen LogP contribution in [0, 0.1) is 6.92 Å². The number of likely N-dealkylation sites (tertiary alicyclic amines) is 1. The summed E-state index contributed by atoms with van der Waals surface area (Å²) in [7, 11) is 1.62. The third-order valence-electron chi connectivity index (χ3n) is 5.69. The number of hydrogen-bond acceptors (Lipinski definition) is 4. The second kappa shape index (κ2) is 10.8. The molecule has 2 aromatic carbocycles. The summed E-state index contributed by atoms with van der Waals surface area (Å²) in [5.41, 5.74) is 2.79. The SMILES string of the molecule is CCOc1ccc(CCC(=O)NC2CCN(C(=O)c3ccccc3C)CC2)cc1OC. The number of amides is 2. The van der Waals surface area contributed by atoms with Gasteiger partial charge in [-0.15, -0.1) is 0 Å². The van der Waals surface area contributed by atoms with E-state index in [0.717, 1.165) is 29.5 Å². The molecule has 2 amide bonds. The van der Waals surface area contributed by atoms with Crippen molar-refractivity contribution >= 4 is 11.8 Å². The number of rotatable bonds is 8. The van der Waals surface area contributed by atoms with E-state index in [-0.39, 0.29) is 17.9 Å². The molecule has 3 rings (SSSR count). The van der Waals surface area contributed by atoms with Crippen LogP contribution in [0.1, 0.15) is 47.7 Å². The Morgan fingerprint density at radius 3 is 2.52 bits per heavy atom. The predicted octanol–water partition coefficient (Wildman–Crippen LogP) is 3.76. The van der Waals surface area contributed by atoms with Gasteiger partial charge in [-0.2, -0.15) is 0 Å². The largest absolute Gasteiger partial charge is 0.493 e. The topological polar surface area (TPSA) is 67.9 Å². The van der Waals surface area contributed by atoms with Crippen LogP contribution >= 0.6 is 0 Å². The minimum atomic E-state index is 0.0385. The molecule has 1 heterocycles. The van der Waals surface area contributed by atoms with Crippen LogP contribution in [0.4, 0.5) is 0 Å². The van der Waals surface area contributed by atoms with Crippen molar-refractivity contribution in [2.45, 2.75) is 45.6 Å². The molecular weight excluding hydrogens is 392 g/mol. The van der Waals surface area contributed by atoms with Gasteiger partial charge in [0.25, 0.3) is 5.91 Å². The Bertz CT molecular complexity index is 904. The number of hydrogen-bond donors (Lipinski definition) is 1. The van der Waals surface area contributed by atoms with Crippen molar-refractivity contribution in [3.63, 3.8) is 0 Å². The van der Waals surface area contributed by atoms with E-state index in [0.29, 0.717) is 44.0 Å². The van der Waals surface area contributed by atoms with Gasteiger partial charge < -0.3 is 19.7 Å². The number of nitrogens with one attached hydrogen (secondary N) is 1. The summed E-state index contributed by atoms with van der Waals surface area (Å²) in [5, 5.41) is 3.13. The Morgan fingerprint density at radius 1 is 1.10 bits per heavy atom. The third-order valence-corrected chi connectivity index (χ3v) is 5.69. The highest BCUT2D eigenvalue weighted by Crippen LogP contribution is 2.28. The molecule has 0 spiro atoms. The molecule has 0 bridgehead atoms. The summed E-state index contributed by atoms with van der Waals surface area (Å²) < 4.78 is 10.9. The fraction of sp³-hybridized carbons (Fsp3) is 0.440. The first kappa shape index (κ1) is 22.7. The van der Waals surface area contributed by atoms with E-state index in [9.17, 15) is 9.59 Å². The number of benzene rings is 2. The molecule has 1 saturated heterocycles. The van der Waals surface area contributed by atoms with Crippen molar-refractivity contribution in [1.82, 2.24) is 10.2 Å². The van der Waals surface area contributed by atoms with Crippen LogP contribution in [0.2, 0.25) is 0 Å². The highest BCUT2D eigenvalue weighted by Gasteiger charge is 2.25. The molecule has 6 nitrogen and oxygen atoms in total. The molecule has 0 atom stereocenters. The Balaban J connectivity index is 1.45. The van der Waals surface area contributed by atoms with E-state index in [4.69, 9.17) is 9.47 Å². The van der Waals surface area contributed by atoms with Crippen molar-refractivity contribution in [2.24, 2.45) is 0 Å². The standard InChI is InChI=1S/C25H32N2O4/c1-4-31-22-11-9-19(17-23(22)30-3)10-12-24(28)26-20-13-15-27(16-14-20)25(29)21-8-6-5-7-18(21)2/h5-9,11,17,20H,4,10,12-16H2,1-3H3,(H,26,28). The molecule has 1 aliphatic rings. The minimum Gasteiger partial charge on any atom is -0.493 e. The van der Waals surface area contributed by atoms with Crippen LogP contribution in [-0.2, 0) is 11.2 Å². The summed E-state index contributed by atoms with van der Waals surface area (Å²) in [6.07, 6.45) is 2.61. The van der Waals surface area contributed by atoms with Crippen LogP contribution in [-0.4, -0.2) is 49.6 Å². The van der Waals surface area contributed by atoms with Crippen molar-refractivity contribution in [3.05, 3.63) is 59.2 Å². The fourth-order valence-electron chi connectivity index (χ4n) is 3.91. The zero-order valence-corrected chi connectivity index (χ0v) is 18.6. The first-order valence-electron chi connectivity index (χ1n) is 11.0. The molecule has 0 radical (unpaired) electrons. The van der Waals surface area contributed by atoms with Gasteiger partial charge in [-0.1, -0.05) is 24.3 Å². The van der Waals surface area contributed by atoms with Crippen LogP contribution < -0.4 is 14.8 Å². The Morgan fingerprint density at radius 2 is 1.84 bits per heavy atom. The van der Waals surface area contributed by atoms with Crippen molar-refractivity contribution in [1.29, 1.82) is 0 Å². The summed E-state index contributed by atoms with van der Waals surface area (Å²) in [5.74, 6) is 1.51. The lowest BCUT2D eigenvalue weighted by molar-refractivity contribution is -0.122. The van der Waals surface area contributed by atoms with Gasteiger partial charge in [-0.05, 0) is 62.4 Å². The maximum Gasteiger partial charge on any atom is 0.254 e. The zero-order valence-electron chi connectivity index (χ0n) is 18.6. The van der Waals surface area contributed by atoms with Gasteiger partial charge in [-0.3, -0.25) is 9.59 Å². The van der Waals surface area contributed by atoms with E-state index < -0.39 is 0 Å². The molecule has 0 aromatic heterocycles. The van der Waals surface area contributed by atoms with Gasteiger partial charge in [0, 0.05) is 31.1 Å². The average molecular weight is 425 g/mol. The molecule has 2 aromatic rings. The first-order valence-corrected chi connectivity index (χ1v) is 11.0. The quantitative estimate of drug-likeness (QED) is 0.701. The summed E-state index contributed by atoms with van der Waals surface area (Å²) in [6, 6.07) is 13.6. The van der Waals surface area contributed by atoms with E-state index >= 15 is 0 Å².